The summed E-state index contributed by atoms with van der Waals surface area (Å²) in [6.07, 6.45) is 3.78. The molecule has 0 saturated carbocycles. The maximum Gasteiger partial charge on any atom is 0.345 e. The lowest BCUT2D eigenvalue weighted by atomic mass is 10.1. The Morgan fingerprint density at radius 3 is 2.93 bits per heavy atom. The molecule has 1 aromatic heterocycles. The highest BCUT2D eigenvalue weighted by Crippen LogP contribution is 2.27. The van der Waals surface area contributed by atoms with Gasteiger partial charge in [-0.25, -0.2) is 9.48 Å². The lowest BCUT2D eigenvalue weighted by Gasteiger charge is -2.17. The van der Waals surface area contributed by atoms with Crippen molar-refractivity contribution in [3.8, 4) is 0 Å². The van der Waals surface area contributed by atoms with Crippen LogP contribution in [-0.4, -0.2) is 39.3 Å². The second-order valence-corrected chi connectivity index (χ2v) is 8.48. The second kappa shape index (κ2) is 8.52. The highest BCUT2D eigenvalue weighted by Gasteiger charge is 2.35. The van der Waals surface area contributed by atoms with Crippen molar-refractivity contribution in [2.24, 2.45) is 5.92 Å². The van der Waals surface area contributed by atoms with Gasteiger partial charge in [-0.05, 0) is 37.5 Å². The number of hydrogen-bond acceptors (Lipinski definition) is 4. The van der Waals surface area contributed by atoms with E-state index in [1.54, 1.807) is 9.47 Å². The molecule has 0 aliphatic carbocycles. The van der Waals surface area contributed by atoms with Gasteiger partial charge in [0.15, 0.2) is 0 Å². The smallest absolute Gasteiger partial charge is 0.345 e. The maximum atomic E-state index is 12.5. The molecule has 1 aromatic carbocycles. The molecule has 2 aliphatic heterocycles. The van der Waals surface area contributed by atoms with Gasteiger partial charge in [-0.3, -0.25) is 14.2 Å². The number of rotatable bonds is 6. The van der Waals surface area contributed by atoms with E-state index in [1.165, 1.54) is 4.68 Å². The van der Waals surface area contributed by atoms with Crippen LogP contribution in [0.1, 0.15) is 31.5 Å². The fraction of sp³-hybridized carbons (Fsp3) is 0.500. The quantitative estimate of drug-likeness (QED) is 0.662. The van der Waals surface area contributed by atoms with Crippen molar-refractivity contribution >= 4 is 33.4 Å². The minimum Gasteiger partial charge on any atom is -0.356 e. The number of aryl methyl sites for hydroxylation is 2. The summed E-state index contributed by atoms with van der Waals surface area (Å²) in [7, 11) is 0. The van der Waals surface area contributed by atoms with E-state index in [-0.39, 0.29) is 29.8 Å². The second-order valence-electron chi connectivity index (χ2n) is 7.56. The van der Waals surface area contributed by atoms with E-state index in [9.17, 15) is 14.4 Å². The van der Waals surface area contributed by atoms with Crippen molar-refractivity contribution < 1.29 is 9.59 Å². The lowest BCUT2D eigenvalue weighted by Crippen LogP contribution is -2.34. The van der Waals surface area contributed by atoms with Crippen LogP contribution in [0.3, 0.4) is 0 Å². The summed E-state index contributed by atoms with van der Waals surface area (Å²) in [5.41, 5.74) is 0.736. The van der Waals surface area contributed by atoms with Gasteiger partial charge in [-0.1, -0.05) is 22.0 Å². The minimum absolute atomic E-state index is 0.0432. The van der Waals surface area contributed by atoms with Crippen LogP contribution in [0.15, 0.2) is 33.5 Å². The van der Waals surface area contributed by atoms with E-state index in [4.69, 9.17) is 0 Å². The molecular weight excluding hydrogens is 438 g/mol. The van der Waals surface area contributed by atoms with Crippen molar-refractivity contribution in [3.05, 3.63) is 45.0 Å². The van der Waals surface area contributed by atoms with Crippen molar-refractivity contribution in [3.63, 3.8) is 0 Å². The molecule has 1 atom stereocenters. The number of carbonyl (C=O) groups excluding carboxylic acids is 2. The van der Waals surface area contributed by atoms with Gasteiger partial charge in [0.05, 0.1) is 5.92 Å². The van der Waals surface area contributed by atoms with Crippen molar-refractivity contribution in [1.29, 1.82) is 0 Å². The third-order valence-corrected chi connectivity index (χ3v) is 5.99. The van der Waals surface area contributed by atoms with Crippen LogP contribution in [0.4, 0.5) is 5.69 Å². The van der Waals surface area contributed by atoms with E-state index < -0.39 is 0 Å². The zero-order valence-electron chi connectivity index (χ0n) is 16.1. The number of nitrogens with one attached hydrogen (secondary N) is 1. The Morgan fingerprint density at radius 2 is 2.14 bits per heavy atom. The Morgan fingerprint density at radius 1 is 1.28 bits per heavy atom. The minimum atomic E-state index is -0.357. The highest BCUT2D eigenvalue weighted by atomic mass is 79.9. The summed E-state index contributed by atoms with van der Waals surface area (Å²) < 4.78 is 4.15. The number of hydrogen-bond donors (Lipinski definition) is 1. The van der Waals surface area contributed by atoms with E-state index in [1.807, 2.05) is 24.3 Å². The molecule has 0 radical (unpaired) electrons. The van der Waals surface area contributed by atoms with Crippen molar-refractivity contribution in [2.75, 3.05) is 18.0 Å². The summed E-state index contributed by atoms with van der Waals surface area (Å²) in [6, 6.07) is 7.51. The fourth-order valence-electron chi connectivity index (χ4n) is 3.96. The van der Waals surface area contributed by atoms with Crippen molar-refractivity contribution in [1.82, 2.24) is 19.7 Å². The number of anilines is 1. The first-order valence-electron chi connectivity index (χ1n) is 10.0. The predicted octanol–water partition coefficient (Wildman–Crippen LogP) is 1.70. The summed E-state index contributed by atoms with van der Waals surface area (Å²) in [5, 5.41) is 7.31. The molecule has 8 nitrogen and oxygen atoms in total. The number of amides is 2. The molecule has 3 heterocycles. The Bertz CT molecular complexity index is 983. The first kappa shape index (κ1) is 19.9. The largest absolute Gasteiger partial charge is 0.356 e. The van der Waals surface area contributed by atoms with Crippen LogP contribution in [-0.2, 0) is 29.1 Å². The van der Waals surface area contributed by atoms with Crippen LogP contribution in [0, 0.1) is 5.92 Å². The SMILES string of the molecule is O=C(NCCCn1nc2n(c1=O)CCCC2)C1CC(=O)N(c2cccc(Br)c2)C1. The third-order valence-electron chi connectivity index (χ3n) is 5.49. The van der Waals surface area contributed by atoms with Gasteiger partial charge in [0, 0.05) is 49.2 Å². The average Bonchev–Trinajstić information content (AvgIpc) is 3.26. The van der Waals surface area contributed by atoms with Crippen LogP contribution in [0.25, 0.3) is 0 Å². The molecule has 4 rings (SSSR count). The zero-order valence-corrected chi connectivity index (χ0v) is 17.7. The number of carbonyl (C=O) groups is 2. The van der Waals surface area contributed by atoms with Crippen LogP contribution in [0.5, 0.6) is 0 Å². The normalized spacial score (nSPS) is 18.7. The Kier molecular flexibility index (Phi) is 5.84. The predicted molar refractivity (Wildman–Crippen MR) is 112 cm³/mol. The van der Waals surface area contributed by atoms with Gasteiger partial charge in [0.1, 0.15) is 5.82 Å². The van der Waals surface area contributed by atoms with Gasteiger partial charge in [0.25, 0.3) is 0 Å². The van der Waals surface area contributed by atoms with Crippen molar-refractivity contribution in [2.45, 2.75) is 45.2 Å². The Hall–Kier alpha value is -2.42. The van der Waals surface area contributed by atoms with E-state index in [0.717, 1.165) is 41.8 Å². The molecule has 1 N–H and O–H groups in total. The van der Waals surface area contributed by atoms with Gasteiger partial charge in [0.2, 0.25) is 11.8 Å². The first-order valence-corrected chi connectivity index (χ1v) is 10.8. The number of fused-ring (bicyclic) bond motifs is 1. The summed E-state index contributed by atoms with van der Waals surface area (Å²) in [5.74, 6) is 0.345. The van der Waals surface area contributed by atoms with E-state index >= 15 is 0 Å². The molecule has 2 amide bonds. The number of aromatic nitrogens is 3. The Labute approximate surface area is 177 Å². The summed E-state index contributed by atoms with van der Waals surface area (Å²) in [6.45, 7) is 2.06. The van der Waals surface area contributed by atoms with Gasteiger partial charge >= 0.3 is 5.69 Å². The molecule has 29 heavy (non-hydrogen) atoms. The Balaban J connectivity index is 1.27. The van der Waals surface area contributed by atoms with E-state index in [0.29, 0.717) is 26.1 Å². The van der Waals surface area contributed by atoms with Crippen LogP contribution >= 0.6 is 15.9 Å². The molecule has 2 aromatic rings. The number of nitrogens with zero attached hydrogens (tertiary/aromatic N) is 4. The summed E-state index contributed by atoms with van der Waals surface area (Å²) in [4.78, 5) is 38.8. The zero-order chi connectivity index (χ0) is 20.4. The molecule has 1 unspecified atom stereocenters. The van der Waals surface area contributed by atoms with Gasteiger partial charge in [-0.2, -0.15) is 5.10 Å². The van der Waals surface area contributed by atoms with Gasteiger partial charge in [-0.15, -0.1) is 0 Å². The summed E-state index contributed by atoms with van der Waals surface area (Å²) >= 11 is 3.41. The number of benzene rings is 1. The molecule has 0 spiro atoms. The van der Waals surface area contributed by atoms with Gasteiger partial charge < -0.3 is 10.2 Å². The van der Waals surface area contributed by atoms with Crippen LogP contribution in [0.2, 0.25) is 0 Å². The molecule has 0 bridgehead atoms. The molecule has 154 valence electrons. The molecule has 1 saturated heterocycles. The average molecular weight is 462 g/mol. The fourth-order valence-corrected chi connectivity index (χ4v) is 4.34. The van der Waals surface area contributed by atoms with E-state index in [2.05, 4.69) is 26.3 Å². The topological polar surface area (TPSA) is 89.2 Å². The molecule has 1 fully saturated rings. The lowest BCUT2D eigenvalue weighted by molar-refractivity contribution is -0.126. The number of halogens is 1. The third kappa shape index (κ3) is 4.29. The van der Waals surface area contributed by atoms with Crippen LogP contribution < -0.4 is 15.9 Å². The highest BCUT2D eigenvalue weighted by molar-refractivity contribution is 9.10. The maximum absolute atomic E-state index is 12.5. The molecular formula is C20H24BrN5O3. The molecule has 9 heteroatoms. The monoisotopic (exact) mass is 461 g/mol. The molecule has 2 aliphatic rings. The first-order chi connectivity index (χ1) is 14.0. The standard InChI is InChI=1S/C20H24BrN5O3/c21-15-5-3-6-16(12-15)25-13-14(11-18(25)27)19(28)22-8-4-10-26-20(29)24-9-2-1-7-17(24)23-26/h3,5-6,12,14H,1-2,4,7-11,13H2,(H,22,28).